The van der Waals surface area contributed by atoms with Gasteiger partial charge in [-0.15, -0.1) is 0 Å². The molecular formula is C94H141N23O22. The molecule has 0 spiro atoms. The number of benzene rings is 4. The molecule has 0 aromatic heterocycles. The van der Waals surface area contributed by atoms with Crippen molar-refractivity contribution in [3.8, 4) is 5.75 Å². The lowest BCUT2D eigenvalue weighted by atomic mass is 9.95. The lowest BCUT2D eigenvalue weighted by molar-refractivity contribution is -0.145. The first kappa shape index (κ1) is 116. The van der Waals surface area contributed by atoms with Crippen molar-refractivity contribution in [1.29, 1.82) is 10.8 Å². The number of nitrogens with one attached hydrogen (secondary N) is 18. The number of carboxylic acids is 2. The highest BCUT2D eigenvalue weighted by Gasteiger charge is 2.43. The molecule has 1 aliphatic heterocycles. The fraction of sp³-hybridized carbons (Fsp3) is 0.543. The van der Waals surface area contributed by atoms with Gasteiger partial charge in [-0.3, -0.25) is 87.5 Å². The molecule has 15 amide bonds. The number of unbranched alkanes of at least 4 members (excludes halogenated alkanes) is 1. The standard InChI is InChI=1S/C94H141N23O22/c1-10-54(8)76(116-89(135)75(53(6)7)115-84(130)67(47-59-35-37-60(120)38-36-59)107-78(124)61(96)39-40-72(121)122)90(136)106-62(31-20-21-41-95)80(126)114-74(52(4)5)88(134)111-69(49-118)85(131)103-55(9)77(123)104-64(33-23-43-102-94(99)100)81(127)113-73(51(2)3)87(133)105-63(32-22-42-101-93(97)98)79(125)108-65(45-56-25-14-11-15-26-56)82(128)109-66(46-57-27-16-12-17-28-57)83(129)110-68(48-58-29-18-13-19-30-58)91(137)117-44-24-34-71(117)86(132)112-70(50-119)92(138)139/h11-19,25-30,35-38,51-55,61-71,73-76,118-120H,10,20-24,31-34,39-50,95-96H2,1-9H3,(H,103,131)(H,104,123)(H,105,133)(H,106,136)(H,107,124)(H,108,125)(H,109,128)(H,110,129)(H,111,134)(H,112,132)(H,113,127)(H,114,126)(H,115,130)(H,116,135)(H,121,122)(H,138,139)(H4,97,98,101)(H4,99,100,102)/t54-,55-,61-,62-,63-,64-,65-,66-,67-,68-,69-,70-,71-,73-,74-,75-,76-/m0/s1. The Bertz CT molecular complexity index is 4770. The number of guanidine groups is 2. The van der Waals surface area contributed by atoms with Gasteiger partial charge in [0.05, 0.1) is 19.3 Å². The van der Waals surface area contributed by atoms with Gasteiger partial charge >= 0.3 is 11.9 Å². The first-order valence-electron chi connectivity index (χ1n) is 46.6. The van der Waals surface area contributed by atoms with Crippen molar-refractivity contribution < 1.29 is 107 Å². The Kier molecular flexibility index (Phi) is 49.3. The number of phenolic OH excluding ortho intramolecular Hbond substituents is 1. The minimum atomic E-state index is -1.82. The topological polar surface area (TPSA) is 739 Å². The summed E-state index contributed by atoms with van der Waals surface area (Å²) in [5.41, 5.74) is 25.2. The lowest BCUT2D eigenvalue weighted by Crippen LogP contribution is -2.62. The number of aromatic hydroxyl groups is 1. The minimum absolute atomic E-state index is 0.00557. The molecule has 764 valence electrons. The van der Waals surface area contributed by atoms with Crippen LogP contribution in [0.25, 0.3) is 0 Å². The third kappa shape index (κ3) is 39.6. The molecule has 139 heavy (non-hydrogen) atoms. The molecule has 45 nitrogen and oxygen atoms in total. The summed E-state index contributed by atoms with van der Waals surface area (Å²) >= 11 is 0. The van der Waals surface area contributed by atoms with Crippen LogP contribution in [0.5, 0.6) is 5.75 Å². The van der Waals surface area contributed by atoms with E-state index in [9.17, 15) is 92.7 Å². The molecule has 1 fully saturated rings. The van der Waals surface area contributed by atoms with Crippen LogP contribution >= 0.6 is 0 Å². The van der Waals surface area contributed by atoms with Crippen molar-refractivity contribution in [2.75, 3.05) is 39.4 Å². The number of likely N-dealkylation sites (tertiary alicyclic amines) is 1. The normalized spacial score (nSPS) is 15.7. The Balaban J connectivity index is 1.35. The number of nitrogens with zero attached hydrogens (tertiary/aromatic N) is 1. The van der Waals surface area contributed by atoms with Crippen molar-refractivity contribution in [3.05, 3.63) is 138 Å². The number of hydrogen-bond donors (Lipinski definition) is 27. The Morgan fingerprint density at radius 2 is 0.741 bits per heavy atom. The number of carbonyl (C=O) groups is 17. The van der Waals surface area contributed by atoms with Crippen LogP contribution in [0.4, 0.5) is 0 Å². The Morgan fingerprint density at radius 3 is 1.14 bits per heavy atom. The molecule has 0 saturated carbocycles. The molecule has 1 saturated heterocycles. The number of nitrogens with two attached hydrogens (primary N) is 4. The fourth-order valence-corrected chi connectivity index (χ4v) is 15.0. The number of carboxylic acid groups (broad SMARTS) is 2. The zero-order valence-corrected chi connectivity index (χ0v) is 80.0. The van der Waals surface area contributed by atoms with Gasteiger partial charge in [0.1, 0.15) is 96.4 Å². The van der Waals surface area contributed by atoms with E-state index in [0.29, 0.717) is 41.5 Å². The van der Waals surface area contributed by atoms with E-state index >= 15 is 14.4 Å². The van der Waals surface area contributed by atoms with Gasteiger partial charge in [-0.05, 0) is 136 Å². The molecule has 0 bridgehead atoms. The van der Waals surface area contributed by atoms with Crippen LogP contribution in [0.2, 0.25) is 0 Å². The number of rotatable bonds is 60. The molecule has 0 radical (unpaired) electrons. The van der Waals surface area contributed by atoms with Gasteiger partial charge in [0.2, 0.25) is 88.6 Å². The van der Waals surface area contributed by atoms with E-state index in [4.69, 9.17) is 33.8 Å². The predicted octanol–water partition coefficient (Wildman–Crippen LogP) is -3.61. The number of aliphatic carboxylic acids is 2. The number of aliphatic hydroxyl groups is 2. The smallest absolute Gasteiger partial charge is 0.328 e. The molecule has 45 heteroatoms. The van der Waals surface area contributed by atoms with Gasteiger partial charge in [-0.25, -0.2) is 4.79 Å². The van der Waals surface area contributed by atoms with E-state index < -0.39 is 252 Å². The second-order valence-electron chi connectivity index (χ2n) is 35.5. The second kappa shape index (κ2) is 59.2. The summed E-state index contributed by atoms with van der Waals surface area (Å²) in [4.78, 5) is 242. The Labute approximate surface area is 807 Å². The van der Waals surface area contributed by atoms with Crippen LogP contribution < -0.4 is 108 Å². The van der Waals surface area contributed by atoms with E-state index in [-0.39, 0.29) is 109 Å². The molecule has 0 aliphatic carbocycles. The van der Waals surface area contributed by atoms with E-state index in [1.54, 1.807) is 146 Å². The largest absolute Gasteiger partial charge is 0.508 e. The average molecular weight is 1950 g/mol. The van der Waals surface area contributed by atoms with Gasteiger partial charge in [0.15, 0.2) is 11.9 Å². The van der Waals surface area contributed by atoms with Crippen LogP contribution in [0.15, 0.2) is 115 Å². The number of amides is 15. The second-order valence-corrected chi connectivity index (χ2v) is 35.5. The summed E-state index contributed by atoms with van der Waals surface area (Å²) in [6.45, 7) is 12.2. The molecular weight excluding hydrogens is 1800 g/mol. The molecule has 31 N–H and O–H groups in total. The Morgan fingerprint density at radius 1 is 0.396 bits per heavy atom. The maximum Gasteiger partial charge on any atom is 0.328 e. The zero-order valence-electron chi connectivity index (χ0n) is 80.0. The lowest BCUT2D eigenvalue weighted by Gasteiger charge is -2.31. The van der Waals surface area contributed by atoms with Gasteiger partial charge in [0.25, 0.3) is 0 Å². The van der Waals surface area contributed by atoms with Gasteiger partial charge < -0.3 is 138 Å². The van der Waals surface area contributed by atoms with Crippen LogP contribution in [0, 0.1) is 34.5 Å². The van der Waals surface area contributed by atoms with Crippen molar-refractivity contribution >= 4 is 112 Å². The van der Waals surface area contributed by atoms with Crippen molar-refractivity contribution in [2.24, 2.45) is 46.6 Å². The SMILES string of the molecule is CC[C@H](C)[C@H](NC(=O)[C@@H](NC(=O)[C@H](Cc1ccc(O)cc1)NC(=O)[C@@H](N)CCC(=O)O)C(C)C)C(=O)N[C@@H](CCCCN)C(=O)N[C@H](C(=O)N[C@@H](CO)C(=O)N[C@@H](C)C(=O)N[C@@H](CCCNC(=N)N)C(=O)N[C@H](C(=O)N[C@@H](CCCNC(=N)N)C(=O)N[C@@H](Cc1ccccc1)C(=O)N[C@@H](Cc1ccccc1)C(=O)N[C@@H](Cc1ccccc1)C(=O)N1CCC[C@H]1C(=O)N[C@@H](CO)C(=O)O)C(C)C)C(C)C. The number of phenols is 1. The summed E-state index contributed by atoms with van der Waals surface area (Å²) in [5.74, 6) is -20.2. The first-order valence-corrected chi connectivity index (χ1v) is 46.6. The van der Waals surface area contributed by atoms with Crippen LogP contribution in [0.1, 0.15) is 162 Å². The summed E-state index contributed by atoms with van der Waals surface area (Å²) in [6.07, 6.45) is -0.430. The maximum absolute atomic E-state index is 15.2. The van der Waals surface area contributed by atoms with E-state index in [2.05, 4.69) is 85.1 Å². The number of hydrogen-bond acceptors (Lipinski definition) is 24. The van der Waals surface area contributed by atoms with Gasteiger partial charge in [0, 0.05) is 51.7 Å². The molecule has 1 heterocycles. The summed E-state index contributed by atoms with van der Waals surface area (Å²) < 4.78 is 0. The molecule has 0 unspecified atom stereocenters. The van der Waals surface area contributed by atoms with Crippen LogP contribution in [0.3, 0.4) is 0 Å². The highest BCUT2D eigenvalue weighted by molar-refractivity contribution is 6.01. The molecule has 4 aromatic rings. The van der Waals surface area contributed by atoms with E-state index in [1.165, 1.54) is 36.1 Å². The van der Waals surface area contributed by atoms with Crippen molar-refractivity contribution in [3.63, 3.8) is 0 Å². The Hall–Kier alpha value is -14.0. The van der Waals surface area contributed by atoms with Gasteiger partial charge in [-0.1, -0.05) is 165 Å². The fourth-order valence-electron chi connectivity index (χ4n) is 15.0. The monoisotopic (exact) mass is 1940 g/mol. The number of carbonyl (C=O) groups excluding carboxylic acids is 15. The third-order valence-corrected chi connectivity index (χ3v) is 23.3. The summed E-state index contributed by atoms with van der Waals surface area (Å²) in [6, 6.07) is 7.59. The highest BCUT2D eigenvalue weighted by atomic mass is 16.4. The quantitative estimate of drug-likeness (QED) is 0.0115. The molecule has 4 aromatic carbocycles. The van der Waals surface area contributed by atoms with E-state index in [1.807, 2.05) is 0 Å². The van der Waals surface area contributed by atoms with Gasteiger partial charge in [-0.2, -0.15) is 0 Å². The van der Waals surface area contributed by atoms with Crippen LogP contribution in [-0.4, -0.2) is 279 Å². The maximum atomic E-state index is 15.2. The summed E-state index contributed by atoms with van der Waals surface area (Å²) in [5, 5.41) is 107. The summed E-state index contributed by atoms with van der Waals surface area (Å²) in [7, 11) is 0. The third-order valence-electron chi connectivity index (χ3n) is 23.3. The molecule has 17 atom stereocenters. The van der Waals surface area contributed by atoms with Crippen LogP contribution in [-0.2, 0) is 107 Å². The first-order chi connectivity index (χ1) is 65.9. The van der Waals surface area contributed by atoms with E-state index in [0.717, 1.165) is 0 Å². The van der Waals surface area contributed by atoms with Crippen molar-refractivity contribution in [1.82, 2.24) is 90.0 Å². The predicted molar refractivity (Wildman–Crippen MR) is 512 cm³/mol. The number of aliphatic hydroxyl groups excluding tert-OH is 2. The molecule has 1 aliphatic rings. The van der Waals surface area contributed by atoms with Crippen molar-refractivity contribution in [2.45, 2.75) is 262 Å². The highest BCUT2D eigenvalue weighted by Crippen LogP contribution is 2.23. The minimum Gasteiger partial charge on any atom is -0.508 e. The average Bonchev–Trinajstić information content (AvgIpc) is 1.73. The molecule has 5 rings (SSSR count). The zero-order chi connectivity index (χ0) is 103.